The van der Waals surface area contributed by atoms with Crippen molar-refractivity contribution in [2.24, 2.45) is 0 Å². The Kier molecular flexibility index (Phi) is 7.84. The van der Waals surface area contributed by atoms with Crippen molar-refractivity contribution in [3.05, 3.63) is 22.7 Å². The smallest absolute Gasteiger partial charge is 0.237 e. The van der Waals surface area contributed by atoms with E-state index in [1.54, 1.807) is 13.2 Å². The van der Waals surface area contributed by atoms with Gasteiger partial charge in [0.15, 0.2) is 11.5 Å². The van der Waals surface area contributed by atoms with Gasteiger partial charge in [0.05, 0.1) is 24.8 Å². The number of hydrogen-bond donors (Lipinski definition) is 2. The van der Waals surface area contributed by atoms with E-state index < -0.39 is 0 Å². The molecule has 0 aliphatic rings. The number of halogens is 1. The van der Waals surface area contributed by atoms with Crippen molar-refractivity contribution < 1.29 is 14.3 Å². The van der Waals surface area contributed by atoms with Crippen LogP contribution < -0.4 is 20.1 Å². The molecule has 0 radical (unpaired) electrons. The second-order valence-electron chi connectivity index (χ2n) is 6.36. The number of hydrogen-bond acceptors (Lipinski definition) is 4. The fourth-order valence-electron chi connectivity index (χ4n) is 2.26. The summed E-state index contributed by atoms with van der Waals surface area (Å²) in [6.07, 6.45) is 0.941. The molecule has 0 saturated heterocycles. The average molecular weight is 357 g/mol. The minimum Gasteiger partial charge on any atom is -0.493 e. The van der Waals surface area contributed by atoms with Gasteiger partial charge in [0.2, 0.25) is 5.91 Å². The van der Waals surface area contributed by atoms with Crippen molar-refractivity contribution in [2.45, 2.75) is 59.2 Å². The molecule has 0 aliphatic heterocycles. The zero-order valence-electron chi connectivity index (χ0n) is 15.5. The SMILES string of the molecule is CCOc1c(Cl)cc(CNC(=O)[C@@H](C)NC(C)(C)CC)cc1OC. The highest BCUT2D eigenvalue weighted by Gasteiger charge is 2.22. The molecule has 0 aromatic heterocycles. The second kappa shape index (κ2) is 9.14. The molecule has 1 aromatic carbocycles. The third-order valence-electron chi connectivity index (χ3n) is 3.93. The molecule has 0 bridgehead atoms. The molecule has 0 heterocycles. The number of carbonyl (C=O) groups is 1. The topological polar surface area (TPSA) is 59.6 Å². The summed E-state index contributed by atoms with van der Waals surface area (Å²) in [7, 11) is 1.56. The Hall–Kier alpha value is -1.46. The Balaban J connectivity index is 2.73. The second-order valence-corrected chi connectivity index (χ2v) is 6.77. The lowest BCUT2D eigenvalue weighted by Gasteiger charge is -2.28. The summed E-state index contributed by atoms with van der Waals surface area (Å²) >= 11 is 6.25. The highest BCUT2D eigenvalue weighted by molar-refractivity contribution is 6.32. The molecule has 1 atom stereocenters. The van der Waals surface area contributed by atoms with Crippen LogP contribution in [-0.2, 0) is 11.3 Å². The Labute approximate surface area is 150 Å². The third kappa shape index (κ3) is 5.87. The quantitative estimate of drug-likeness (QED) is 0.710. The Morgan fingerprint density at radius 3 is 2.54 bits per heavy atom. The van der Waals surface area contributed by atoms with Crippen molar-refractivity contribution in [3.8, 4) is 11.5 Å². The highest BCUT2D eigenvalue weighted by atomic mass is 35.5. The van der Waals surface area contributed by atoms with Crippen LogP contribution in [-0.4, -0.2) is 31.2 Å². The molecule has 2 N–H and O–H groups in total. The zero-order chi connectivity index (χ0) is 18.3. The molecule has 0 aliphatic carbocycles. The molecule has 0 unspecified atom stereocenters. The van der Waals surface area contributed by atoms with E-state index in [9.17, 15) is 4.79 Å². The van der Waals surface area contributed by atoms with Crippen LogP contribution in [0.1, 0.15) is 46.6 Å². The number of rotatable bonds is 9. The molecule has 1 amide bonds. The molecule has 0 saturated carbocycles. The van der Waals surface area contributed by atoms with Crippen molar-refractivity contribution in [1.29, 1.82) is 0 Å². The molecule has 136 valence electrons. The zero-order valence-corrected chi connectivity index (χ0v) is 16.2. The van der Waals surface area contributed by atoms with Crippen molar-refractivity contribution in [3.63, 3.8) is 0 Å². The summed E-state index contributed by atoms with van der Waals surface area (Å²) < 4.78 is 10.8. The van der Waals surface area contributed by atoms with Gasteiger partial charge in [0, 0.05) is 12.1 Å². The standard InChI is InChI=1S/C18H29ClN2O3/c1-7-18(4,5)21-12(3)17(22)20-11-13-9-14(19)16(24-8-2)15(10-13)23-6/h9-10,12,21H,7-8,11H2,1-6H3,(H,20,22)/t12-/m1/s1. The first kappa shape index (κ1) is 20.6. The molecule has 1 aromatic rings. The van der Waals surface area contributed by atoms with Gasteiger partial charge >= 0.3 is 0 Å². The first-order valence-corrected chi connectivity index (χ1v) is 8.66. The highest BCUT2D eigenvalue weighted by Crippen LogP contribution is 2.36. The largest absolute Gasteiger partial charge is 0.493 e. The van der Waals surface area contributed by atoms with E-state index in [4.69, 9.17) is 21.1 Å². The Morgan fingerprint density at radius 2 is 2.00 bits per heavy atom. The van der Waals surface area contributed by atoms with E-state index in [-0.39, 0.29) is 17.5 Å². The number of nitrogens with one attached hydrogen (secondary N) is 2. The maximum absolute atomic E-state index is 12.3. The van der Waals surface area contributed by atoms with Gasteiger partial charge in [-0.15, -0.1) is 0 Å². The van der Waals surface area contributed by atoms with Gasteiger partial charge in [-0.1, -0.05) is 18.5 Å². The van der Waals surface area contributed by atoms with E-state index >= 15 is 0 Å². The van der Waals surface area contributed by atoms with Crippen LogP contribution >= 0.6 is 11.6 Å². The summed E-state index contributed by atoms with van der Waals surface area (Å²) in [5.41, 5.74) is 0.776. The fourth-order valence-corrected chi connectivity index (χ4v) is 2.54. The van der Waals surface area contributed by atoms with Crippen molar-refractivity contribution in [2.75, 3.05) is 13.7 Å². The van der Waals surface area contributed by atoms with Gasteiger partial charge in [-0.2, -0.15) is 0 Å². The van der Waals surface area contributed by atoms with E-state index in [0.717, 1.165) is 12.0 Å². The molecule has 0 spiro atoms. The Bertz CT molecular complexity index is 561. The van der Waals surface area contributed by atoms with E-state index in [0.29, 0.717) is 29.7 Å². The lowest BCUT2D eigenvalue weighted by molar-refractivity contribution is -0.123. The predicted octanol–water partition coefficient (Wildman–Crippen LogP) is 3.53. The minimum atomic E-state index is -0.278. The summed E-state index contributed by atoms with van der Waals surface area (Å²) in [5.74, 6) is 1.03. The number of methoxy groups -OCH3 is 1. The van der Waals surface area contributed by atoms with Crippen LogP contribution in [0, 0.1) is 0 Å². The molecular formula is C18H29ClN2O3. The Morgan fingerprint density at radius 1 is 1.33 bits per heavy atom. The average Bonchev–Trinajstić information content (AvgIpc) is 2.54. The van der Waals surface area contributed by atoms with Crippen LogP contribution in [0.4, 0.5) is 0 Å². The monoisotopic (exact) mass is 356 g/mol. The summed E-state index contributed by atoms with van der Waals surface area (Å²) in [6, 6.07) is 3.33. The van der Waals surface area contributed by atoms with Crippen LogP contribution in [0.5, 0.6) is 11.5 Å². The van der Waals surface area contributed by atoms with Crippen LogP contribution in [0.2, 0.25) is 5.02 Å². The number of benzene rings is 1. The summed E-state index contributed by atoms with van der Waals surface area (Å²) in [4.78, 5) is 12.3. The van der Waals surface area contributed by atoms with Crippen LogP contribution in [0.3, 0.4) is 0 Å². The molecule has 1 rings (SSSR count). The van der Waals surface area contributed by atoms with Gasteiger partial charge in [-0.05, 0) is 51.8 Å². The predicted molar refractivity (Wildman–Crippen MR) is 98.0 cm³/mol. The van der Waals surface area contributed by atoms with Crippen LogP contribution in [0.25, 0.3) is 0 Å². The van der Waals surface area contributed by atoms with Gasteiger partial charge in [0.25, 0.3) is 0 Å². The lowest BCUT2D eigenvalue weighted by Crippen LogP contribution is -2.51. The summed E-state index contributed by atoms with van der Waals surface area (Å²) in [5, 5.41) is 6.71. The number of carbonyl (C=O) groups excluding carboxylic acids is 1. The molecule has 24 heavy (non-hydrogen) atoms. The minimum absolute atomic E-state index is 0.0551. The number of ether oxygens (including phenoxy) is 2. The first-order chi connectivity index (χ1) is 11.2. The maximum atomic E-state index is 12.3. The van der Waals surface area contributed by atoms with Crippen molar-refractivity contribution in [1.82, 2.24) is 10.6 Å². The third-order valence-corrected chi connectivity index (χ3v) is 4.21. The molecule has 0 fully saturated rings. The lowest BCUT2D eigenvalue weighted by atomic mass is 10.0. The van der Waals surface area contributed by atoms with Gasteiger partial charge in [0.1, 0.15) is 0 Å². The molecule has 6 heteroatoms. The van der Waals surface area contributed by atoms with E-state index in [1.807, 2.05) is 19.9 Å². The van der Waals surface area contributed by atoms with E-state index in [2.05, 4.69) is 31.4 Å². The molecular weight excluding hydrogens is 328 g/mol. The normalized spacial score (nSPS) is 12.6. The van der Waals surface area contributed by atoms with Crippen LogP contribution in [0.15, 0.2) is 12.1 Å². The fraction of sp³-hybridized carbons (Fsp3) is 0.611. The van der Waals surface area contributed by atoms with Gasteiger partial charge in [-0.25, -0.2) is 0 Å². The number of amides is 1. The first-order valence-electron chi connectivity index (χ1n) is 8.28. The van der Waals surface area contributed by atoms with E-state index in [1.165, 1.54) is 0 Å². The van der Waals surface area contributed by atoms with Crippen molar-refractivity contribution >= 4 is 17.5 Å². The van der Waals surface area contributed by atoms with Gasteiger partial charge < -0.3 is 20.1 Å². The summed E-state index contributed by atoms with van der Waals surface area (Å²) in [6.45, 7) is 10.9. The molecule has 5 nitrogen and oxygen atoms in total. The van der Waals surface area contributed by atoms with Gasteiger partial charge in [-0.3, -0.25) is 4.79 Å². The maximum Gasteiger partial charge on any atom is 0.237 e.